The summed E-state index contributed by atoms with van der Waals surface area (Å²) in [4.78, 5) is 16.6. The third-order valence-corrected chi connectivity index (χ3v) is 3.95. The molecule has 0 aliphatic carbocycles. The number of methoxy groups -OCH3 is 1. The Balaban J connectivity index is 1.75. The molecule has 6 heteroatoms. The van der Waals surface area contributed by atoms with E-state index in [4.69, 9.17) is 4.74 Å². The molecule has 124 valence electrons. The second-order valence-electron chi connectivity index (χ2n) is 5.52. The van der Waals surface area contributed by atoms with E-state index in [1.165, 1.54) is 0 Å². The molecule has 0 saturated carbocycles. The Labute approximate surface area is 144 Å². The quantitative estimate of drug-likeness (QED) is 0.584. The van der Waals surface area contributed by atoms with Gasteiger partial charge in [0.1, 0.15) is 22.9 Å². The summed E-state index contributed by atoms with van der Waals surface area (Å²) in [5, 5.41) is 4.33. The standard InChI is InChI=1S/C19H17N5O/c1-25-16-6-4-9-21-18(16)15-11-17(24-19-14(15)7-10-22-19)23-12-13-5-2-3-8-20-13/h2-11H,12H2,1H3,(H2,22,23,24). The van der Waals surface area contributed by atoms with Gasteiger partial charge < -0.3 is 15.0 Å². The molecule has 0 radical (unpaired) electrons. The van der Waals surface area contributed by atoms with Gasteiger partial charge in [-0.2, -0.15) is 0 Å². The van der Waals surface area contributed by atoms with E-state index in [0.29, 0.717) is 6.54 Å². The van der Waals surface area contributed by atoms with E-state index in [1.807, 2.05) is 48.7 Å². The van der Waals surface area contributed by atoms with Crippen molar-refractivity contribution in [3.63, 3.8) is 0 Å². The maximum atomic E-state index is 5.47. The molecule has 0 aromatic carbocycles. The van der Waals surface area contributed by atoms with Gasteiger partial charge in [0, 0.05) is 29.5 Å². The number of fused-ring (bicyclic) bond motifs is 1. The van der Waals surface area contributed by atoms with Crippen LogP contribution in [0.15, 0.2) is 61.1 Å². The first-order valence-electron chi connectivity index (χ1n) is 7.96. The fourth-order valence-corrected chi connectivity index (χ4v) is 2.77. The van der Waals surface area contributed by atoms with Gasteiger partial charge in [-0.25, -0.2) is 4.98 Å². The number of hydrogen-bond acceptors (Lipinski definition) is 5. The fourth-order valence-electron chi connectivity index (χ4n) is 2.77. The van der Waals surface area contributed by atoms with Crippen molar-refractivity contribution in [2.24, 2.45) is 0 Å². The van der Waals surface area contributed by atoms with Gasteiger partial charge >= 0.3 is 0 Å². The van der Waals surface area contributed by atoms with Crippen molar-refractivity contribution in [2.75, 3.05) is 12.4 Å². The van der Waals surface area contributed by atoms with Crippen molar-refractivity contribution < 1.29 is 4.74 Å². The number of anilines is 1. The van der Waals surface area contributed by atoms with Crippen molar-refractivity contribution >= 4 is 16.9 Å². The molecule has 0 aliphatic heterocycles. The summed E-state index contributed by atoms with van der Waals surface area (Å²) in [6, 6.07) is 13.6. The molecule has 0 atom stereocenters. The molecule has 6 nitrogen and oxygen atoms in total. The van der Waals surface area contributed by atoms with E-state index in [9.17, 15) is 0 Å². The van der Waals surface area contributed by atoms with Gasteiger partial charge in [0.2, 0.25) is 0 Å². The van der Waals surface area contributed by atoms with E-state index in [1.54, 1.807) is 19.5 Å². The van der Waals surface area contributed by atoms with Crippen LogP contribution in [0.4, 0.5) is 5.82 Å². The lowest BCUT2D eigenvalue weighted by molar-refractivity contribution is 0.415. The van der Waals surface area contributed by atoms with E-state index >= 15 is 0 Å². The Hall–Kier alpha value is -3.41. The van der Waals surface area contributed by atoms with Crippen LogP contribution in [0.5, 0.6) is 5.75 Å². The van der Waals surface area contributed by atoms with Crippen molar-refractivity contribution in [1.29, 1.82) is 0 Å². The largest absolute Gasteiger partial charge is 0.494 e. The second-order valence-corrected chi connectivity index (χ2v) is 5.52. The predicted octanol–water partition coefficient (Wildman–Crippen LogP) is 3.64. The van der Waals surface area contributed by atoms with E-state index in [0.717, 1.165) is 39.6 Å². The summed E-state index contributed by atoms with van der Waals surface area (Å²) in [5.41, 5.74) is 3.51. The molecule has 0 saturated heterocycles. The summed E-state index contributed by atoms with van der Waals surface area (Å²) in [7, 11) is 1.65. The summed E-state index contributed by atoms with van der Waals surface area (Å²) in [6.07, 6.45) is 5.42. The lowest BCUT2D eigenvalue weighted by atomic mass is 10.1. The average Bonchev–Trinajstić information content (AvgIpc) is 3.15. The molecule has 0 unspecified atom stereocenters. The predicted molar refractivity (Wildman–Crippen MR) is 97.4 cm³/mol. The molecule has 0 spiro atoms. The Morgan fingerprint density at radius 3 is 2.84 bits per heavy atom. The Morgan fingerprint density at radius 2 is 2.00 bits per heavy atom. The van der Waals surface area contributed by atoms with Crippen LogP contribution in [0.1, 0.15) is 5.69 Å². The number of pyridine rings is 3. The minimum absolute atomic E-state index is 0.596. The number of aromatic nitrogens is 4. The zero-order valence-corrected chi connectivity index (χ0v) is 13.7. The van der Waals surface area contributed by atoms with Crippen LogP contribution in [0, 0.1) is 0 Å². The minimum Gasteiger partial charge on any atom is -0.494 e. The number of rotatable bonds is 5. The molecule has 0 fully saturated rings. The number of nitrogens with zero attached hydrogens (tertiary/aromatic N) is 3. The Kier molecular flexibility index (Phi) is 4.00. The first-order valence-corrected chi connectivity index (χ1v) is 7.96. The van der Waals surface area contributed by atoms with Crippen molar-refractivity contribution in [3.8, 4) is 17.0 Å². The minimum atomic E-state index is 0.596. The normalized spacial score (nSPS) is 10.8. The second kappa shape index (κ2) is 6.60. The molecular formula is C19H17N5O. The number of aromatic amines is 1. The molecule has 4 aromatic heterocycles. The Bertz CT molecular complexity index is 997. The van der Waals surface area contributed by atoms with E-state index in [2.05, 4.69) is 25.3 Å². The SMILES string of the molecule is COc1cccnc1-c1cc(NCc2ccccn2)nc2[nH]ccc12. The first-order chi connectivity index (χ1) is 12.3. The maximum Gasteiger partial charge on any atom is 0.145 e. The lowest BCUT2D eigenvalue weighted by Crippen LogP contribution is -2.03. The smallest absolute Gasteiger partial charge is 0.145 e. The highest BCUT2D eigenvalue weighted by molar-refractivity contribution is 5.95. The number of hydrogen-bond donors (Lipinski definition) is 2. The highest BCUT2D eigenvalue weighted by Gasteiger charge is 2.14. The van der Waals surface area contributed by atoms with Gasteiger partial charge in [0.05, 0.1) is 19.3 Å². The molecular weight excluding hydrogens is 314 g/mol. The molecule has 0 amide bonds. The Morgan fingerprint density at radius 1 is 1.08 bits per heavy atom. The first kappa shape index (κ1) is 15.1. The summed E-state index contributed by atoms with van der Waals surface area (Å²) in [5.74, 6) is 1.48. The van der Waals surface area contributed by atoms with Crippen LogP contribution in [0.3, 0.4) is 0 Å². The van der Waals surface area contributed by atoms with Crippen LogP contribution in [0.2, 0.25) is 0 Å². The van der Waals surface area contributed by atoms with Crippen molar-refractivity contribution in [1.82, 2.24) is 19.9 Å². The van der Waals surface area contributed by atoms with Gasteiger partial charge in [-0.3, -0.25) is 9.97 Å². The maximum absolute atomic E-state index is 5.47. The van der Waals surface area contributed by atoms with Crippen molar-refractivity contribution in [2.45, 2.75) is 6.54 Å². The zero-order valence-electron chi connectivity index (χ0n) is 13.7. The molecule has 4 aromatic rings. The van der Waals surface area contributed by atoms with Crippen LogP contribution in [0.25, 0.3) is 22.3 Å². The highest BCUT2D eigenvalue weighted by Crippen LogP contribution is 2.34. The average molecular weight is 331 g/mol. The third-order valence-electron chi connectivity index (χ3n) is 3.95. The van der Waals surface area contributed by atoms with E-state index in [-0.39, 0.29) is 0 Å². The third kappa shape index (κ3) is 3.01. The number of nitrogens with one attached hydrogen (secondary N) is 2. The van der Waals surface area contributed by atoms with Gasteiger partial charge in [-0.15, -0.1) is 0 Å². The molecule has 25 heavy (non-hydrogen) atoms. The van der Waals surface area contributed by atoms with Crippen LogP contribution < -0.4 is 10.1 Å². The highest BCUT2D eigenvalue weighted by atomic mass is 16.5. The van der Waals surface area contributed by atoms with Crippen LogP contribution in [-0.2, 0) is 6.54 Å². The van der Waals surface area contributed by atoms with Gasteiger partial charge in [0.15, 0.2) is 0 Å². The molecule has 4 rings (SSSR count). The van der Waals surface area contributed by atoms with Gasteiger partial charge in [-0.05, 0) is 36.4 Å². The molecule has 4 heterocycles. The number of ether oxygens (including phenoxy) is 1. The summed E-state index contributed by atoms with van der Waals surface area (Å²) >= 11 is 0. The van der Waals surface area contributed by atoms with Gasteiger partial charge in [0.25, 0.3) is 0 Å². The summed E-state index contributed by atoms with van der Waals surface area (Å²) < 4.78 is 5.47. The lowest BCUT2D eigenvalue weighted by Gasteiger charge is -2.11. The van der Waals surface area contributed by atoms with Crippen LogP contribution >= 0.6 is 0 Å². The fraction of sp³-hybridized carbons (Fsp3) is 0.105. The van der Waals surface area contributed by atoms with Crippen LogP contribution in [-0.4, -0.2) is 27.0 Å². The van der Waals surface area contributed by atoms with Crippen molar-refractivity contribution in [3.05, 3.63) is 66.7 Å². The monoisotopic (exact) mass is 331 g/mol. The van der Waals surface area contributed by atoms with Gasteiger partial charge in [-0.1, -0.05) is 6.07 Å². The number of H-pyrrole nitrogens is 1. The molecule has 2 N–H and O–H groups in total. The topological polar surface area (TPSA) is 75.7 Å². The zero-order chi connectivity index (χ0) is 17.1. The summed E-state index contributed by atoms with van der Waals surface area (Å²) in [6.45, 7) is 0.596. The molecule has 0 aliphatic rings. The molecule has 0 bridgehead atoms. The van der Waals surface area contributed by atoms with E-state index < -0.39 is 0 Å².